The zero-order chi connectivity index (χ0) is 16.0. The van der Waals surface area contributed by atoms with Crippen LogP contribution in [0.5, 0.6) is 0 Å². The number of nitrogens with one attached hydrogen (secondary N) is 1. The van der Waals surface area contributed by atoms with Crippen LogP contribution in [-0.2, 0) is 9.53 Å². The van der Waals surface area contributed by atoms with Crippen molar-refractivity contribution in [1.29, 1.82) is 0 Å². The van der Waals surface area contributed by atoms with Gasteiger partial charge in [-0.25, -0.2) is 4.79 Å². The SMILES string of the molecule is CCCN(C(=O)NCC(C)C(C)C)C1COCC1C(=O)O. The van der Waals surface area contributed by atoms with E-state index in [0.29, 0.717) is 31.5 Å². The highest BCUT2D eigenvalue weighted by atomic mass is 16.5. The van der Waals surface area contributed by atoms with Crippen molar-refractivity contribution in [3.63, 3.8) is 0 Å². The summed E-state index contributed by atoms with van der Waals surface area (Å²) in [4.78, 5) is 25.3. The Labute approximate surface area is 126 Å². The molecular formula is C15H28N2O4. The van der Waals surface area contributed by atoms with E-state index in [1.807, 2.05) is 6.92 Å². The summed E-state index contributed by atoms with van der Waals surface area (Å²) < 4.78 is 5.27. The molecule has 0 aliphatic carbocycles. The normalized spacial score (nSPS) is 23.1. The first kappa shape index (κ1) is 17.8. The van der Waals surface area contributed by atoms with E-state index in [-0.39, 0.29) is 18.7 Å². The van der Waals surface area contributed by atoms with E-state index >= 15 is 0 Å². The molecule has 0 saturated carbocycles. The molecule has 2 N–H and O–H groups in total. The molecule has 0 radical (unpaired) electrons. The third-order valence-electron chi connectivity index (χ3n) is 4.21. The minimum atomic E-state index is -0.901. The van der Waals surface area contributed by atoms with Crippen LogP contribution in [0.25, 0.3) is 0 Å². The van der Waals surface area contributed by atoms with Crippen molar-refractivity contribution in [2.75, 3.05) is 26.3 Å². The molecule has 1 fully saturated rings. The van der Waals surface area contributed by atoms with Gasteiger partial charge in [-0.15, -0.1) is 0 Å². The Balaban J connectivity index is 2.67. The van der Waals surface area contributed by atoms with Crippen LogP contribution in [0.2, 0.25) is 0 Å². The summed E-state index contributed by atoms with van der Waals surface area (Å²) in [5.41, 5.74) is 0. The molecule has 21 heavy (non-hydrogen) atoms. The van der Waals surface area contributed by atoms with Gasteiger partial charge in [-0.3, -0.25) is 4.79 Å². The lowest BCUT2D eigenvalue weighted by molar-refractivity contribution is -0.142. The van der Waals surface area contributed by atoms with Crippen molar-refractivity contribution in [2.45, 2.75) is 40.2 Å². The predicted molar refractivity (Wildman–Crippen MR) is 80.1 cm³/mol. The number of nitrogens with zero attached hydrogens (tertiary/aromatic N) is 1. The van der Waals surface area contributed by atoms with Gasteiger partial charge in [-0.05, 0) is 18.3 Å². The molecule has 1 aliphatic rings. The van der Waals surface area contributed by atoms with Gasteiger partial charge in [-0.1, -0.05) is 27.7 Å². The second kappa shape index (κ2) is 8.22. The molecule has 1 heterocycles. The smallest absolute Gasteiger partial charge is 0.317 e. The van der Waals surface area contributed by atoms with E-state index in [0.717, 1.165) is 6.42 Å². The Morgan fingerprint density at radius 1 is 1.33 bits per heavy atom. The molecule has 3 unspecified atom stereocenters. The topological polar surface area (TPSA) is 78.9 Å². The highest BCUT2D eigenvalue weighted by Crippen LogP contribution is 2.20. The highest BCUT2D eigenvalue weighted by molar-refractivity contribution is 5.77. The van der Waals surface area contributed by atoms with E-state index in [1.165, 1.54) is 0 Å². The van der Waals surface area contributed by atoms with Crippen LogP contribution in [0.3, 0.4) is 0 Å². The minimum absolute atomic E-state index is 0.176. The molecule has 1 aliphatic heterocycles. The zero-order valence-electron chi connectivity index (χ0n) is 13.5. The molecule has 1 rings (SSSR count). The summed E-state index contributed by atoms with van der Waals surface area (Å²) in [5, 5.41) is 12.2. The summed E-state index contributed by atoms with van der Waals surface area (Å²) in [6.45, 7) is 9.91. The molecular weight excluding hydrogens is 272 g/mol. The molecule has 0 spiro atoms. The van der Waals surface area contributed by atoms with Gasteiger partial charge in [0.25, 0.3) is 0 Å². The second-order valence-electron chi connectivity index (χ2n) is 6.15. The van der Waals surface area contributed by atoms with Crippen LogP contribution in [0.15, 0.2) is 0 Å². The molecule has 0 aromatic rings. The molecule has 3 atom stereocenters. The predicted octanol–water partition coefficient (Wildman–Crippen LogP) is 1.80. The van der Waals surface area contributed by atoms with E-state index in [4.69, 9.17) is 4.74 Å². The zero-order valence-corrected chi connectivity index (χ0v) is 13.5. The van der Waals surface area contributed by atoms with Gasteiger partial charge < -0.3 is 20.1 Å². The fourth-order valence-electron chi connectivity index (χ4n) is 2.33. The summed E-state index contributed by atoms with van der Waals surface area (Å²) in [7, 11) is 0. The molecule has 1 saturated heterocycles. The lowest BCUT2D eigenvalue weighted by atomic mass is 9.98. The first-order valence-electron chi connectivity index (χ1n) is 7.73. The van der Waals surface area contributed by atoms with Gasteiger partial charge in [0.2, 0.25) is 0 Å². The van der Waals surface area contributed by atoms with Crippen molar-refractivity contribution >= 4 is 12.0 Å². The maximum Gasteiger partial charge on any atom is 0.317 e. The van der Waals surface area contributed by atoms with Crippen LogP contribution in [0.1, 0.15) is 34.1 Å². The van der Waals surface area contributed by atoms with Gasteiger partial charge in [0.1, 0.15) is 5.92 Å². The lowest BCUT2D eigenvalue weighted by Crippen LogP contribution is -2.51. The van der Waals surface area contributed by atoms with Crippen molar-refractivity contribution < 1.29 is 19.4 Å². The molecule has 0 aromatic carbocycles. The van der Waals surface area contributed by atoms with Gasteiger partial charge >= 0.3 is 12.0 Å². The lowest BCUT2D eigenvalue weighted by Gasteiger charge is -2.31. The molecule has 6 nitrogen and oxygen atoms in total. The maximum absolute atomic E-state index is 12.4. The number of carboxylic acid groups (broad SMARTS) is 1. The Kier molecular flexibility index (Phi) is 6.95. The third-order valence-corrected chi connectivity index (χ3v) is 4.21. The number of hydrogen-bond donors (Lipinski definition) is 2. The van der Waals surface area contributed by atoms with Crippen LogP contribution >= 0.6 is 0 Å². The van der Waals surface area contributed by atoms with Crippen molar-refractivity contribution in [3.8, 4) is 0 Å². The number of carbonyl (C=O) groups is 2. The summed E-state index contributed by atoms with van der Waals surface area (Å²) >= 11 is 0. The quantitative estimate of drug-likeness (QED) is 0.751. The molecule has 2 amide bonds. The number of aliphatic carboxylic acids is 1. The van der Waals surface area contributed by atoms with Crippen molar-refractivity contribution in [3.05, 3.63) is 0 Å². The number of amides is 2. The number of rotatable bonds is 7. The maximum atomic E-state index is 12.4. The average Bonchev–Trinajstić information content (AvgIpc) is 2.90. The molecule has 122 valence electrons. The number of carbonyl (C=O) groups excluding carboxylic acids is 1. The first-order chi connectivity index (χ1) is 9.88. The van der Waals surface area contributed by atoms with Crippen LogP contribution in [0.4, 0.5) is 4.79 Å². The fraction of sp³-hybridized carbons (Fsp3) is 0.867. The highest BCUT2D eigenvalue weighted by Gasteiger charge is 2.39. The van der Waals surface area contributed by atoms with E-state index < -0.39 is 11.9 Å². The Morgan fingerprint density at radius 2 is 2.00 bits per heavy atom. The summed E-state index contributed by atoms with van der Waals surface area (Å²) in [6.07, 6.45) is 0.788. The minimum Gasteiger partial charge on any atom is -0.481 e. The monoisotopic (exact) mass is 300 g/mol. The third kappa shape index (κ3) is 4.88. The molecule has 6 heteroatoms. The van der Waals surface area contributed by atoms with E-state index in [1.54, 1.807) is 4.90 Å². The van der Waals surface area contributed by atoms with Crippen LogP contribution in [0, 0.1) is 17.8 Å². The van der Waals surface area contributed by atoms with Crippen LogP contribution < -0.4 is 5.32 Å². The van der Waals surface area contributed by atoms with Gasteiger partial charge in [0.15, 0.2) is 0 Å². The fourth-order valence-corrected chi connectivity index (χ4v) is 2.33. The molecule has 0 bridgehead atoms. The van der Waals surface area contributed by atoms with E-state index in [9.17, 15) is 14.7 Å². The standard InChI is InChI=1S/C15H28N2O4/c1-5-6-17(13-9-21-8-12(13)14(18)19)15(20)16-7-11(4)10(2)3/h10-13H,5-9H2,1-4H3,(H,16,20)(H,18,19). The Morgan fingerprint density at radius 3 is 2.52 bits per heavy atom. The van der Waals surface area contributed by atoms with Gasteiger partial charge in [-0.2, -0.15) is 0 Å². The summed E-state index contributed by atoms with van der Waals surface area (Å²) in [6, 6.07) is -0.567. The number of urea groups is 1. The Bertz CT molecular complexity index is 360. The first-order valence-corrected chi connectivity index (χ1v) is 7.73. The van der Waals surface area contributed by atoms with Crippen molar-refractivity contribution in [1.82, 2.24) is 10.2 Å². The van der Waals surface area contributed by atoms with E-state index in [2.05, 4.69) is 26.1 Å². The summed E-state index contributed by atoms with van der Waals surface area (Å²) in [5.74, 6) is -0.661. The number of ether oxygens (including phenoxy) is 1. The Hall–Kier alpha value is -1.30. The van der Waals surface area contributed by atoms with Crippen LogP contribution in [-0.4, -0.2) is 54.4 Å². The van der Waals surface area contributed by atoms with Gasteiger partial charge in [0, 0.05) is 13.1 Å². The van der Waals surface area contributed by atoms with Crippen molar-refractivity contribution in [2.24, 2.45) is 17.8 Å². The number of carboxylic acids is 1. The van der Waals surface area contributed by atoms with Gasteiger partial charge in [0.05, 0.1) is 19.3 Å². The number of hydrogen-bond acceptors (Lipinski definition) is 3. The largest absolute Gasteiger partial charge is 0.481 e. The average molecular weight is 300 g/mol. The molecule has 0 aromatic heterocycles. The second-order valence-corrected chi connectivity index (χ2v) is 6.15.